The Morgan fingerprint density at radius 1 is 0.516 bits per heavy atom. The largest absolute Gasteiger partial charge is 0.466 e. The third-order valence-electron chi connectivity index (χ3n) is 12.5. The second-order valence-electron chi connectivity index (χ2n) is 19.0. The fraction of sp³-hybridized carbons (Fsp3) is 0.925. The number of unbranched alkanes of at least 4 members (excludes halogenated alkanes) is 24. The molecule has 0 amide bonds. The summed E-state index contributed by atoms with van der Waals surface area (Å²) in [5, 5.41) is 0. The molecule has 0 N–H and O–H groups in total. The molecule has 0 spiro atoms. The van der Waals surface area contributed by atoms with E-state index in [1.165, 1.54) is 109 Å². The summed E-state index contributed by atoms with van der Waals surface area (Å²) in [4.78, 5) is 54.7. The molecule has 1 saturated heterocycles. The number of hydrogen-bond donors (Lipinski definition) is 0. The second kappa shape index (κ2) is 43.3. The van der Waals surface area contributed by atoms with Crippen molar-refractivity contribution in [3.8, 4) is 0 Å². The van der Waals surface area contributed by atoms with E-state index in [0.717, 1.165) is 89.9 Å². The third kappa shape index (κ3) is 35.9. The molecule has 11 heteroatoms. The minimum Gasteiger partial charge on any atom is -0.466 e. The van der Waals surface area contributed by atoms with Crippen LogP contribution in [0.5, 0.6) is 0 Å². The molecule has 376 valence electrons. The van der Waals surface area contributed by atoms with Gasteiger partial charge in [0.2, 0.25) is 0 Å². The molecule has 0 bridgehead atoms. The first-order chi connectivity index (χ1) is 31.2. The van der Waals surface area contributed by atoms with Gasteiger partial charge in [-0.2, -0.15) is 0 Å². The number of esters is 4. The van der Waals surface area contributed by atoms with Gasteiger partial charge in [0.25, 0.3) is 0 Å². The van der Waals surface area contributed by atoms with Crippen molar-refractivity contribution in [2.75, 3.05) is 53.7 Å². The van der Waals surface area contributed by atoms with Gasteiger partial charge in [0, 0.05) is 39.0 Å². The third-order valence-corrected chi connectivity index (χ3v) is 12.5. The molecule has 1 unspecified atom stereocenters. The van der Waals surface area contributed by atoms with Gasteiger partial charge in [-0.3, -0.25) is 24.1 Å². The van der Waals surface area contributed by atoms with Crippen LogP contribution >= 0.6 is 0 Å². The van der Waals surface area contributed by atoms with Crippen LogP contribution in [-0.2, 0) is 42.9 Å². The highest BCUT2D eigenvalue weighted by Gasteiger charge is 2.39. The summed E-state index contributed by atoms with van der Waals surface area (Å²) in [5.74, 6) is -0.757. The Kier molecular flexibility index (Phi) is 40.5. The van der Waals surface area contributed by atoms with Crippen LogP contribution in [0, 0.1) is 0 Å². The monoisotopic (exact) mass is 909 g/mol. The summed E-state index contributed by atoms with van der Waals surface area (Å²) in [6.07, 6.45) is 36.2. The Bertz CT molecular complexity index is 1110. The SMILES string of the molecule is CCCCCCCCCCCOC(=O)CCCCCOCN1CC(OC(=O)CCN(C)C)C[C@H]1C(=O)OCCCCCCCC(=O)OC(CCCCCCCC)CCCCCCCC. The summed E-state index contributed by atoms with van der Waals surface area (Å²) in [6, 6.07) is -0.538. The van der Waals surface area contributed by atoms with Gasteiger partial charge in [-0.1, -0.05) is 162 Å². The van der Waals surface area contributed by atoms with E-state index < -0.39 is 12.1 Å². The Balaban J connectivity index is 2.36. The van der Waals surface area contributed by atoms with Gasteiger partial charge in [-0.05, 0) is 71.9 Å². The fourth-order valence-corrected chi connectivity index (χ4v) is 8.38. The van der Waals surface area contributed by atoms with Crippen LogP contribution in [0.15, 0.2) is 0 Å². The van der Waals surface area contributed by atoms with Gasteiger partial charge in [0.15, 0.2) is 0 Å². The van der Waals surface area contributed by atoms with E-state index in [-0.39, 0.29) is 36.7 Å². The summed E-state index contributed by atoms with van der Waals surface area (Å²) in [7, 11) is 3.83. The number of carbonyl (C=O) groups excluding carboxylic acids is 4. The summed E-state index contributed by atoms with van der Waals surface area (Å²) < 4.78 is 28.9. The van der Waals surface area contributed by atoms with Crippen LogP contribution in [-0.4, -0.2) is 106 Å². The van der Waals surface area contributed by atoms with E-state index in [0.29, 0.717) is 58.6 Å². The molecule has 0 aliphatic carbocycles. The Morgan fingerprint density at radius 3 is 1.52 bits per heavy atom. The zero-order valence-electron chi connectivity index (χ0n) is 42.3. The first-order valence-electron chi connectivity index (χ1n) is 26.9. The van der Waals surface area contributed by atoms with Crippen molar-refractivity contribution < 1.29 is 42.9 Å². The molecule has 1 aliphatic heterocycles. The number of likely N-dealkylation sites (tertiary alicyclic amines) is 1. The Labute approximate surface area is 392 Å². The lowest BCUT2D eigenvalue weighted by Crippen LogP contribution is -2.39. The smallest absolute Gasteiger partial charge is 0.323 e. The van der Waals surface area contributed by atoms with Crippen molar-refractivity contribution >= 4 is 23.9 Å². The molecule has 0 saturated carbocycles. The average molecular weight is 909 g/mol. The van der Waals surface area contributed by atoms with E-state index in [1.54, 1.807) is 0 Å². The summed E-state index contributed by atoms with van der Waals surface area (Å²) >= 11 is 0. The average Bonchev–Trinajstić information content (AvgIpc) is 3.68. The number of carbonyl (C=O) groups is 4. The zero-order valence-corrected chi connectivity index (χ0v) is 42.3. The van der Waals surface area contributed by atoms with Gasteiger partial charge in [0.1, 0.15) is 18.2 Å². The maximum Gasteiger partial charge on any atom is 0.323 e. The second-order valence-corrected chi connectivity index (χ2v) is 19.0. The molecule has 1 rings (SSSR count). The van der Waals surface area contributed by atoms with Gasteiger partial charge in [0.05, 0.1) is 26.4 Å². The molecule has 1 aliphatic rings. The quantitative estimate of drug-likeness (QED) is 0.0330. The maximum absolute atomic E-state index is 13.3. The number of nitrogens with zero attached hydrogens (tertiary/aromatic N) is 2. The van der Waals surface area contributed by atoms with Crippen molar-refractivity contribution in [2.24, 2.45) is 0 Å². The standard InChI is InChI=1S/C53H100N2O9/c1-6-9-12-15-18-19-20-25-33-42-61-50(56)37-31-27-32-41-60-46-55-45-48(64-52(58)39-40-54(4)5)44-49(55)53(59)62-43-34-26-21-24-30-38-51(57)63-47(35-28-22-16-13-10-7-2)36-29-23-17-14-11-8-3/h47-49H,6-46H2,1-5H3/t48?,49-/m0/s1. The van der Waals surface area contributed by atoms with Crippen molar-refractivity contribution in [1.29, 1.82) is 0 Å². The van der Waals surface area contributed by atoms with E-state index >= 15 is 0 Å². The molecular formula is C53H100N2O9. The van der Waals surface area contributed by atoms with Crippen LogP contribution < -0.4 is 0 Å². The number of hydrogen-bond acceptors (Lipinski definition) is 11. The summed E-state index contributed by atoms with van der Waals surface area (Å²) in [5.41, 5.74) is 0. The van der Waals surface area contributed by atoms with Gasteiger partial charge < -0.3 is 28.6 Å². The zero-order chi connectivity index (χ0) is 46.7. The van der Waals surface area contributed by atoms with Crippen LogP contribution in [0.4, 0.5) is 0 Å². The molecule has 2 atom stereocenters. The number of ether oxygens (including phenoxy) is 5. The molecule has 64 heavy (non-hydrogen) atoms. The maximum atomic E-state index is 13.3. The predicted molar refractivity (Wildman–Crippen MR) is 260 cm³/mol. The van der Waals surface area contributed by atoms with Crippen LogP contribution in [0.2, 0.25) is 0 Å². The first-order valence-corrected chi connectivity index (χ1v) is 26.9. The molecule has 0 aromatic heterocycles. The fourth-order valence-electron chi connectivity index (χ4n) is 8.38. The normalized spacial score (nSPS) is 15.3. The topological polar surface area (TPSA) is 121 Å². The van der Waals surface area contributed by atoms with E-state index in [9.17, 15) is 19.2 Å². The Morgan fingerprint density at radius 2 is 0.969 bits per heavy atom. The molecule has 1 fully saturated rings. The summed E-state index contributed by atoms with van der Waals surface area (Å²) in [6.45, 7) is 9.35. The predicted octanol–water partition coefficient (Wildman–Crippen LogP) is 12.8. The molecule has 1 heterocycles. The van der Waals surface area contributed by atoms with Gasteiger partial charge in [-0.15, -0.1) is 0 Å². The minimum absolute atomic E-state index is 0.0555. The highest BCUT2D eigenvalue weighted by molar-refractivity contribution is 5.76. The van der Waals surface area contributed by atoms with Crippen LogP contribution in [0.3, 0.4) is 0 Å². The lowest BCUT2D eigenvalue weighted by atomic mass is 10.0. The minimum atomic E-state index is -0.538. The first kappa shape index (κ1) is 59.8. The van der Waals surface area contributed by atoms with Crippen molar-refractivity contribution in [3.63, 3.8) is 0 Å². The highest BCUT2D eigenvalue weighted by atomic mass is 16.6. The lowest BCUT2D eigenvalue weighted by molar-refractivity contribution is -0.152. The molecular weight excluding hydrogens is 809 g/mol. The van der Waals surface area contributed by atoms with Crippen molar-refractivity contribution in [3.05, 3.63) is 0 Å². The van der Waals surface area contributed by atoms with Crippen LogP contribution in [0.1, 0.15) is 245 Å². The van der Waals surface area contributed by atoms with Gasteiger partial charge >= 0.3 is 23.9 Å². The Hall–Kier alpha value is -2.24. The van der Waals surface area contributed by atoms with Crippen molar-refractivity contribution in [2.45, 2.75) is 264 Å². The lowest BCUT2D eigenvalue weighted by Gasteiger charge is -2.22. The molecule has 0 aromatic carbocycles. The van der Waals surface area contributed by atoms with Crippen molar-refractivity contribution in [1.82, 2.24) is 9.80 Å². The highest BCUT2D eigenvalue weighted by Crippen LogP contribution is 2.23. The van der Waals surface area contributed by atoms with Crippen LogP contribution in [0.25, 0.3) is 0 Å². The number of rotatable bonds is 46. The van der Waals surface area contributed by atoms with Gasteiger partial charge in [-0.25, -0.2) is 0 Å². The van der Waals surface area contributed by atoms with E-state index in [2.05, 4.69) is 20.8 Å². The molecule has 0 aromatic rings. The molecule has 11 nitrogen and oxygen atoms in total. The van der Waals surface area contributed by atoms with E-state index in [1.807, 2.05) is 23.9 Å². The van der Waals surface area contributed by atoms with E-state index in [4.69, 9.17) is 23.7 Å². The molecule has 0 radical (unpaired) electrons.